The van der Waals surface area contributed by atoms with Crippen molar-refractivity contribution in [3.63, 3.8) is 0 Å². The summed E-state index contributed by atoms with van der Waals surface area (Å²) in [6.07, 6.45) is 6.47. The molecule has 1 aromatic carbocycles. The number of ketones is 1. The zero-order chi connectivity index (χ0) is 16.9. The minimum absolute atomic E-state index is 0.101. The van der Waals surface area contributed by atoms with Gasteiger partial charge < -0.3 is 4.42 Å². The maximum Gasteiger partial charge on any atom is 0.181 e. The van der Waals surface area contributed by atoms with Gasteiger partial charge in [0.15, 0.2) is 17.9 Å². The second kappa shape index (κ2) is 7.10. The molecule has 1 aliphatic rings. The molecule has 0 saturated heterocycles. The quantitative estimate of drug-likeness (QED) is 0.470. The second-order valence-electron chi connectivity index (χ2n) is 5.59. The van der Waals surface area contributed by atoms with Crippen molar-refractivity contribution >= 4 is 11.9 Å². The molecule has 0 bridgehead atoms. The third-order valence-electron chi connectivity index (χ3n) is 3.89. The molecule has 0 spiro atoms. The fourth-order valence-electron chi connectivity index (χ4n) is 2.50. The van der Waals surface area contributed by atoms with E-state index in [0.717, 1.165) is 11.3 Å². The normalized spacial score (nSPS) is 17.0. The van der Waals surface area contributed by atoms with Crippen LogP contribution in [0.5, 0.6) is 0 Å². The summed E-state index contributed by atoms with van der Waals surface area (Å²) in [5.41, 5.74) is 2.06. The van der Waals surface area contributed by atoms with Crippen molar-refractivity contribution in [2.24, 2.45) is 5.92 Å². The molecule has 2 aromatic rings. The van der Waals surface area contributed by atoms with Gasteiger partial charge >= 0.3 is 0 Å². The van der Waals surface area contributed by atoms with Gasteiger partial charge in [0, 0.05) is 12.0 Å². The van der Waals surface area contributed by atoms with Crippen molar-refractivity contribution in [2.75, 3.05) is 0 Å². The number of Topliss-reactive ketones (excluding diaryl/α,β-unsaturated/α-hetero) is 1. The Balaban J connectivity index is 1.63. The number of hydrogen-bond donors (Lipinski definition) is 0. The number of oxazole rings is 1. The number of aromatic nitrogens is 1. The molecular formula is C20H16FNO2. The molecule has 3 rings (SSSR count). The summed E-state index contributed by atoms with van der Waals surface area (Å²) in [6, 6.07) is 5.74. The number of benzene rings is 1. The van der Waals surface area contributed by atoms with Gasteiger partial charge in [0.2, 0.25) is 0 Å². The highest BCUT2D eigenvalue weighted by Gasteiger charge is 2.13. The lowest BCUT2D eigenvalue weighted by Crippen LogP contribution is -2.04. The van der Waals surface area contributed by atoms with Gasteiger partial charge in [-0.2, -0.15) is 0 Å². The van der Waals surface area contributed by atoms with Gasteiger partial charge in [-0.3, -0.25) is 4.79 Å². The smallest absolute Gasteiger partial charge is 0.181 e. The first-order valence-electron chi connectivity index (χ1n) is 7.69. The van der Waals surface area contributed by atoms with Gasteiger partial charge in [-0.1, -0.05) is 42.2 Å². The summed E-state index contributed by atoms with van der Waals surface area (Å²) in [5, 5.41) is 0. The van der Waals surface area contributed by atoms with E-state index >= 15 is 0 Å². The Labute approximate surface area is 139 Å². The number of carbonyl (C=O) groups excluding carboxylic acids is 1. The summed E-state index contributed by atoms with van der Waals surface area (Å²) in [7, 11) is 0. The van der Waals surface area contributed by atoms with Crippen LogP contribution >= 0.6 is 0 Å². The number of carbonyl (C=O) groups is 1. The van der Waals surface area contributed by atoms with E-state index in [9.17, 15) is 9.18 Å². The Hall–Kier alpha value is -2.93. The Morgan fingerprint density at radius 3 is 3.12 bits per heavy atom. The van der Waals surface area contributed by atoms with Crippen LogP contribution in [0.15, 0.2) is 53.3 Å². The van der Waals surface area contributed by atoms with Gasteiger partial charge in [0.25, 0.3) is 0 Å². The van der Waals surface area contributed by atoms with Gasteiger partial charge in [-0.05, 0) is 24.6 Å². The Morgan fingerprint density at radius 1 is 1.42 bits per heavy atom. The minimum atomic E-state index is -0.406. The van der Waals surface area contributed by atoms with Crippen LogP contribution in [0.3, 0.4) is 0 Å². The SMILES string of the molecule is C=C(CCC(=O)c1cccc(F)c1)C1C#CCc2ncoc2/C=C\1. The van der Waals surface area contributed by atoms with Crippen LogP contribution in [0.4, 0.5) is 4.39 Å². The average Bonchev–Trinajstić information content (AvgIpc) is 2.99. The minimum Gasteiger partial charge on any atom is -0.444 e. The molecule has 24 heavy (non-hydrogen) atoms. The van der Waals surface area contributed by atoms with E-state index in [4.69, 9.17) is 4.42 Å². The van der Waals surface area contributed by atoms with Crippen LogP contribution in [0.25, 0.3) is 6.08 Å². The van der Waals surface area contributed by atoms with Crippen LogP contribution in [-0.2, 0) is 6.42 Å². The molecule has 0 fully saturated rings. The topological polar surface area (TPSA) is 43.1 Å². The first kappa shape index (κ1) is 15.9. The average molecular weight is 321 g/mol. The molecule has 4 heteroatoms. The third-order valence-corrected chi connectivity index (χ3v) is 3.89. The van der Waals surface area contributed by atoms with Crippen molar-refractivity contribution < 1.29 is 13.6 Å². The van der Waals surface area contributed by atoms with E-state index < -0.39 is 5.82 Å². The predicted octanol–water partition coefficient (Wildman–Crippen LogP) is 4.22. The van der Waals surface area contributed by atoms with Crippen LogP contribution in [0, 0.1) is 23.6 Å². The van der Waals surface area contributed by atoms with Crippen molar-refractivity contribution in [2.45, 2.75) is 19.3 Å². The van der Waals surface area contributed by atoms with E-state index in [1.165, 1.54) is 24.6 Å². The van der Waals surface area contributed by atoms with E-state index in [-0.39, 0.29) is 18.1 Å². The molecule has 1 unspecified atom stereocenters. The fraction of sp³-hybridized carbons (Fsp3) is 0.200. The van der Waals surface area contributed by atoms with E-state index in [1.807, 2.05) is 12.2 Å². The third kappa shape index (κ3) is 3.69. The molecule has 0 radical (unpaired) electrons. The van der Waals surface area contributed by atoms with Crippen molar-refractivity contribution in [3.05, 3.63) is 71.7 Å². The standard InChI is InChI=1S/C20H16FNO2/c1-14(8-10-19(23)16-5-2-6-17(21)12-16)15-4-3-7-18-20(11-9-15)24-13-22-18/h2,5-6,9,11-13,15H,1,7-8,10H2/b11-9-. The van der Waals surface area contributed by atoms with E-state index in [1.54, 1.807) is 6.07 Å². The van der Waals surface area contributed by atoms with Crippen LogP contribution in [-0.4, -0.2) is 10.8 Å². The molecule has 1 aromatic heterocycles. The highest BCUT2D eigenvalue weighted by atomic mass is 19.1. The second-order valence-corrected chi connectivity index (χ2v) is 5.59. The van der Waals surface area contributed by atoms with Crippen molar-refractivity contribution in [3.8, 4) is 11.8 Å². The molecule has 0 aliphatic heterocycles. The predicted molar refractivity (Wildman–Crippen MR) is 89.6 cm³/mol. The Kier molecular flexibility index (Phi) is 4.72. The summed E-state index contributed by atoms with van der Waals surface area (Å²) in [6.45, 7) is 4.05. The summed E-state index contributed by atoms with van der Waals surface area (Å²) in [4.78, 5) is 16.3. The van der Waals surface area contributed by atoms with Crippen molar-refractivity contribution in [1.82, 2.24) is 4.98 Å². The van der Waals surface area contributed by atoms with Gasteiger partial charge in [0.05, 0.1) is 18.0 Å². The van der Waals surface area contributed by atoms with Crippen LogP contribution in [0.2, 0.25) is 0 Å². The van der Waals surface area contributed by atoms with Gasteiger partial charge in [0.1, 0.15) is 5.82 Å². The number of hydrogen-bond acceptors (Lipinski definition) is 3. The summed E-state index contributed by atoms with van der Waals surface area (Å²) in [5.74, 6) is 6.27. The lowest BCUT2D eigenvalue weighted by Gasteiger charge is -2.11. The number of halogens is 1. The molecule has 120 valence electrons. The van der Waals surface area contributed by atoms with Gasteiger partial charge in [-0.25, -0.2) is 9.37 Å². The molecule has 0 N–H and O–H groups in total. The van der Waals surface area contributed by atoms with E-state index in [0.29, 0.717) is 24.2 Å². The Bertz CT molecular complexity index is 867. The summed E-state index contributed by atoms with van der Waals surface area (Å²) < 4.78 is 18.5. The Morgan fingerprint density at radius 2 is 2.29 bits per heavy atom. The van der Waals surface area contributed by atoms with E-state index in [2.05, 4.69) is 23.4 Å². The van der Waals surface area contributed by atoms with Crippen LogP contribution < -0.4 is 0 Å². The molecule has 0 amide bonds. The summed E-state index contributed by atoms with van der Waals surface area (Å²) >= 11 is 0. The van der Waals surface area contributed by atoms with Crippen LogP contribution in [0.1, 0.15) is 34.7 Å². The highest BCUT2D eigenvalue weighted by Crippen LogP contribution is 2.21. The lowest BCUT2D eigenvalue weighted by molar-refractivity contribution is 0.0982. The first-order chi connectivity index (χ1) is 11.6. The number of fused-ring (bicyclic) bond motifs is 1. The first-order valence-corrected chi connectivity index (χ1v) is 7.69. The maximum absolute atomic E-state index is 13.2. The number of nitrogens with zero attached hydrogens (tertiary/aromatic N) is 1. The lowest BCUT2D eigenvalue weighted by atomic mass is 9.93. The molecule has 0 saturated carbocycles. The van der Waals surface area contributed by atoms with Gasteiger partial charge in [-0.15, -0.1) is 0 Å². The zero-order valence-electron chi connectivity index (χ0n) is 13.1. The molecule has 1 aliphatic carbocycles. The maximum atomic E-state index is 13.2. The fourth-order valence-corrected chi connectivity index (χ4v) is 2.50. The molecule has 1 heterocycles. The molecular weight excluding hydrogens is 305 g/mol. The number of rotatable bonds is 5. The van der Waals surface area contributed by atoms with Crippen molar-refractivity contribution in [1.29, 1.82) is 0 Å². The highest BCUT2D eigenvalue weighted by molar-refractivity contribution is 5.96. The molecule has 1 atom stereocenters. The zero-order valence-corrected chi connectivity index (χ0v) is 13.1. The number of allylic oxidation sites excluding steroid dienone is 2. The monoisotopic (exact) mass is 321 g/mol. The molecule has 3 nitrogen and oxygen atoms in total. The largest absolute Gasteiger partial charge is 0.444 e.